The van der Waals surface area contributed by atoms with E-state index in [1.54, 1.807) is 7.11 Å². The summed E-state index contributed by atoms with van der Waals surface area (Å²) in [6.45, 7) is -2.26. The number of carbonyl (C=O) groups is 1. The predicted molar refractivity (Wildman–Crippen MR) is 119 cm³/mol. The van der Waals surface area contributed by atoms with Crippen LogP contribution in [0.3, 0.4) is 0 Å². The molecule has 2 aliphatic rings. The topological polar surface area (TPSA) is 47.8 Å². The zero-order valence-electron chi connectivity index (χ0n) is 16.3. The van der Waals surface area contributed by atoms with Crippen LogP contribution in [0.2, 0.25) is 0 Å². The lowest BCUT2D eigenvalue weighted by molar-refractivity contribution is -0.432. The Balaban J connectivity index is 1.68. The van der Waals surface area contributed by atoms with Crippen LogP contribution >= 0.6 is 15.9 Å². The van der Waals surface area contributed by atoms with Crippen molar-refractivity contribution >= 4 is 40.3 Å². The summed E-state index contributed by atoms with van der Waals surface area (Å²) in [4.78, 5) is 13.1. The van der Waals surface area contributed by atoms with E-state index in [1.165, 1.54) is 0 Å². The molecule has 150 valence electrons. The Labute approximate surface area is 183 Å². The number of fused-ring (bicyclic) bond motifs is 2. The second-order valence-corrected chi connectivity index (χ2v) is 8.29. The molecule has 3 aromatic rings. The van der Waals surface area contributed by atoms with Gasteiger partial charge in [-0.05, 0) is 27.6 Å². The average Bonchev–Trinajstić information content (AvgIpc) is 3.04. The van der Waals surface area contributed by atoms with Crippen molar-refractivity contribution in [1.29, 1.82) is 0 Å². The van der Waals surface area contributed by atoms with Crippen molar-refractivity contribution in [3.63, 3.8) is 0 Å². The summed E-state index contributed by atoms with van der Waals surface area (Å²) in [7, 11) is 1.61. The minimum Gasteiger partial charge on any atom is -0.618 e. The maximum Gasteiger partial charge on any atom is 0.683 e. The molecule has 1 fully saturated rings. The van der Waals surface area contributed by atoms with Gasteiger partial charge in [0.15, 0.2) is 0 Å². The Morgan fingerprint density at radius 3 is 2.57 bits per heavy atom. The zero-order valence-corrected chi connectivity index (χ0v) is 17.9. The predicted octanol–water partition coefficient (Wildman–Crippen LogP) is 3.30. The van der Waals surface area contributed by atoms with E-state index in [1.807, 2.05) is 83.5 Å². The van der Waals surface area contributed by atoms with Crippen LogP contribution in [0.15, 0.2) is 77.3 Å². The number of benzene rings is 3. The van der Waals surface area contributed by atoms with Gasteiger partial charge in [0, 0.05) is 12.5 Å². The van der Waals surface area contributed by atoms with Crippen molar-refractivity contribution < 1.29 is 23.3 Å². The van der Waals surface area contributed by atoms with E-state index in [2.05, 4.69) is 15.9 Å². The minimum absolute atomic E-state index is 0.300. The van der Waals surface area contributed by atoms with Crippen LogP contribution < -0.4 is 14.9 Å². The number of methoxy groups -OCH3 is 1. The van der Waals surface area contributed by atoms with Gasteiger partial charge < -0.3 is 18.5 Å². The van der Waals surface area contributed by atoms with E-state index in [-0.39, 0.29) is 5.97 Å². The summed E-state index contributed by atoms with van der Waals surface area (Å²) in [5.74, 6) is 0.999. The molecule has 0 amide bonds. The molecule has 2 atom stereocenters. The lowest BCUT2D eigenvalue weighted by Gasteiger charge is -2.36. The van der Waals surface area contributed by atoms with E-state index in [4.69, 9.17) is 14.0 Å². The highest BCUT2D eigenvalue weighted by molar-refractivity contribution is 9.10. The molecule has 0 radical (unpaired) electrons. The molecule has 0 bridgehead atoms. The van der Waals surface area contributed by atoms with Gasteiger partial charge in [0.2, 0.25) is 6.04 Å². The highest BCUT2D eigenvalue weighted by atomic mass is 79.9. The molecule has 0 spiro atoms. The van der Waals surface area contributed by atoms with Gasteiger partial charge in [0.1, 0.15) is 12.0 Å². The monoisotopic (exact) mass is 463 g/mol. The van der Waals surface area contributed by atoms with Crippen molar-refractivity contribution in [3.05, 3.63) is 88.4 Å². The van der Waals surface area contributed by atoms with Gasteiger partial charge in [0.25, 0.3) is 0 Å². The fourth-order valence-electron chi connectivity index (χ4n) is 4.20. The fourth-order valence-corrected chi connectivity index (χ4v) is 4.77. The second kappa shape index (κ2) is 7.33. The molecule has 0 aromatic heterocycles. The highest BCUT2D eigenvalue weighted by Gasteiger charge is 2.62. The summed E-state index contributed by atoms with van der Waals surface area (Å²) >= 11 is 3.62. The largest absolute Gasteiger partial charge is 0.683 e. The number of ether oxygens (including phenoxy) is 1. The van der Waals surface area contributed by atoms with Crippen molar-refractivity contribution in [1.82, 2.24) is 0 Å². The lowest BCUT2D eigenvalue weighted by atomic mass is 9.62. The number of hydrogen-bond donors (Lipinski definition) is 0. The summed E-state index contributed by atoms with van der Waals surface area (Å²) in [6, 6.07) is 22.8. The number of rotatable bonds is 4. The zero-order chi connectivity index (χ0) is 20.7. The van der Waals surface area contributed by atoms with Crippen LogP contribution in [-0.2, 0) is 15.9 Å². The third kappa shape index (κ3) is 3.01. The minimum atomic E-state index is -2.26. The van der Waals surface area contributed by atoms with Crippen LogP contribution in [0, 0.1) is 0 Å². The molecular weight excluding hydrogens is 445 g/mol. The number of nitrogens with zero attached hydrogens (tertiary/aromatic N) is 1. The molecule has 1 unspecified atom stereocenters. The summed E-state index contributed by atoms with van der Waals surface area (Å²) in [5, 5.41) is 0. The molecule has 0 saturated carbocycles. The van der Waals surface area contributed by atoms with Crippen LogP contribution in [0.25, 0.3) is 0 Å². The molecule has 30 heavy (non-hydrogen) atoms. The van der Waals surface area contributed by atoms with E-state index in [9.17, 15) is 4.79 Å². The molecule has 7 heteroatoms. The van der Waals surface area contributed by atoms with Crippen molar-refractivity contribution in [2.45, 2.75) is 12.5 Å². The molecule has 3 aromatic carbocycles. The quantitative estimate of drug-likeness (QED) is 0.557. The SMILES string of the molecule is COc1ccc2c(c1)O[B-]1(c3ccccc3Br)OC(=O)[C@H](Cc3ccccc3)[N+]1=C2. The van der Waals surface area contributed by atoms with Gasteiger partial charge in [0.05, 0.1) is 18.4 Å². The fraction of sp³-hybridized carbons (Fsp3) is 0.130. The Bertz CT molecular complexity index is 1170. The van der Waals surface area contributed by atoms with E-state index < -0.39 is 12.7 Å². The third-order valence-electron chi connectivity index (χ3n) is 5.67. The maximum absolute atomic E-state index is 13.1. The first kappa shape index (κ1) is 18.9. The van der Waals surface area contributed by atoms with Crippen LogP contribution in [0.4, 0.5) is 0 Å². The van der Waals surface area contributed by atoms with E-state index in [0.29, 0.717) is 17.9 Å². The Morgan fingerprint density at radius 2 is 1.80 bits per heavy atom. The Hall–Kier alpha value is -3.06. The standard InChI is InChI=1S/C23H19BBrNO4/c1-28-18-12-11-17-15-26-21(13-16-7-3-2-4-8-16)23(27)30-24(26,29-22(17)14-18)19-9-5-6-10-20(19)25/h2-12,14-15,21H,13H2,1H3/t21-,24?/m0/s1. The Morgan fingerprint density at radius 1 is 1.03 bits per heavy atom. The average molecular weight is 464 g/mol. The van der Waals surface area contributed by atoms with Crippen LogP contribution in [0.1, 0.15) is 11.1 Å². The molecule has 1 saturated heterocycles. The molecule has 0 N–H and O–H groups in total. The van der Waals surface area contributed by atoms with Gasteiger partial charge in [-0.25, -0.2) is 4.79 Å². The summed E-state index contributed by atoms with van der Waals surface area (Å²) in [5.41, 5.74) is 2.72. The molecule has 5 rings (SSSR count). The Kier molecular flexibility index (Phi) is 4.63. The normalized spacial score (nSPS) is 21.7. The number of halogens is 1. The van der Waals surface area contributed by atoms with Crippen LogP contribution in [-0.4, -0.2) is 36.5 Å². The van der Waals surface area contributed by atoms with Crippen LogP contribution in [0.5, 0.6) is 11.5 Å². The van der Waals surface area contributed by atoms with E-state index >= 15 is 0 Å². The van der Waals surface area contributed by atoms with Gasteiger partial charge >= 0.3 is 12.7 Å². The van der Waals surface area contributed by atoms with Crippen molar-refractivity contribution in [2.75, 3.05) is 7.11 Å². The highest BCUT2D eigenvalue weighted by Crippen LogP contribution is 2.35. The first-order chi connectivity index (χ1) is 14.6. The lowest BCUT2D eigenvalue weighted by Crippen LogP contribution is -2.64. The molecule has 5 nitrogen and oxygen atoms in total. The van der Waals surface area contributed by atoms with Gasteiger partial charge in [-0.3, -0.25) is 0 Å². The summed E-state index contributed by atoms with van der Waals surface area (Å²) in [6.07, 6.45) is 2.50. The first-order valence-electron chi connectivity index (χ1n) is 9.76. The first-order valence-corrected chi connectivity index (χ1v) is 10.6. The van der Waals surface area contributed by atoms with Gasteiger partial charge in [-0.15, -0.1) is 0 Å². The molecule has 2 aliphatic heterocycles. The van der Waals surface area contributed by atoms with Gasteiger partial charge in [-0.1, -0.05) is 70.5 Å². The smallest absolute Gasteiger partial charge is 0.618 e. The van der Waals surface area contributed by atoms with Crippen molar-refractivity contribution in [2.24, 2.45) is 0 Å². The second-order valence-electron chi connectivity index (χ2n) is 7.43. The third-order valence-corrected chi connectivity index (χ3v) is 6.39. The molecular formula is C23H19BBrNO4. The number of carbonyl (C=O) groups excluding carboxylic acids is 1. The number of hydrogen-bond acceptors (Lipinski definition) is 4. The van der Waals surface area contributed by atoms with E-state index in [0.717, 1.165) is 21.1 Å². The maximum atomic E-state index is 13.1. The molecule has 0 aliphatic carbocycles. The van der Waals surface area contributed by atoms with Crippen molar-refractivity contribution in [3.8, 4) is 11.5 Å². The van der Waals surface area contributed by atoms with Gasteiger partial charge in [-0.2, -0.15) is 0 Å². The summed E-state index contributed by atoms with van der Waals surface area (Å²) < 4.78 is 20.7. The molecule has 2 heterocycles.